The highest BCUT2D eigenvalue weighted by atomic mass is 35.5. The first-order valence-electron chi connectivity index (χ1n) is 7.71. The molecule has 0 saturated heterocycles. The minimum Gasteiger partial charge on any atom is -0.378 e. The third-order valence-corrected chi connectivity index (χ3v) is 5.19. The van der Waals surface area contributed by atoms with Crippen LogP contribution in [0.5, 0.6) is 0 Å². The summed E-state index contributed by atoms with van der Waals surface area (Å²) in [5.41, 5.74) is 2.49. The molecule has 0 fully saturated rings. The van der Waals surface area contributed by atoms with E-state index >= 15 is 0 Å². The number of hydrogen-bond acceptors (Lipinski definition) is 3. The van der Waals surface area contributed by atoms with E-state index < -0.39 is 4.92 Å². The molecule has 1 N–H and O–H groups in total. The number of allylic oxidation sites excluding steroid dienone is 2. The van der Waals surface area contributed by atoms with Gasteiger partial charge in [-0.2, -0.15) is 0 Å². The second kappa shape index (κ2) is 5.60. The van der Waals surface area contributed by atoms with Crippen LogP contribution < -0.4 is 5.32 Å². The number of fused-ring (bicyclic) bond motifs is 3. The molecule has 122 valence electrons. The molecule has 3 atom stereocenters. The Morgan fingerprint density at radius 3 is 2.83 bits per heavy atom. The molecule has 2 aromatic rings. The minimum atomic E-state index is -0.420. The number of halogens is 2. The molecule has 2 aliphatic rings. The van der Waals surface area contributed by atoms with Gasteiger partial charge in [0.05, 0.1) is 11.0 Å². The number of non-ortho nitro benzene ring substituents is 1. The van der Waals surface area contributed by atoms with Crippen LogP contribution in [0.4, 0.5) is 15.8 Å². The molecular weight excluding hydrogens is 331 g/mol. The van der Waals surface area contributed by atoms with Gasteiger partial charge in [0.1, 0.15) is 5.82 Å². The molecular formula is C18H14ClFN2O2. The van der Waals surface area contributed by atoms with Crippen molar-refractivity contribution in [1.82, 2.24) is 0 Å². The van der Waals surface area contributed by atoms with E-state index in [2.05, 4.69) is 17.5 Å². The van der Waals surface area contributed by atoms with Gasteiger partial charge in [-0.15, -0.1) is 0 Å². The maximum Gasteiger partial charge on any atom is 0.269 e. The monoisotopic (exact) mass is 344 g/mol. The predicted octanol–water partition coefficient (Wildman–Crippen LogP) is 5.21. The number of nitrogens with one attached hydrogen (secondary N) is 1. The maximum atomic E-state index is 13.6. The molecule has 1 heterocycles. The predicted molar refractivity (Wildman–Crippen MR) is 90.9 cm³/mol. The van der Waals surface area contributed by atoms with Crippen molar-refractivity contribution in [1.29, 1.82) is 0 Å². The summed E-state index contributed by atoms with van der Waals surface area (Å²) in [6.07, 6.45) is 4.98. The van der Waals surface area contributed by atoms with Gasteiger partial charge in [0.15, 0.2) is 0 Å². The zero-order valence-electron chi connectivity index (χ0n) is 12.6. The van der Waals surface area contributed by atoms with Gasteiger partial charge in [0.25, 0.3) is 5.69 Å². The first kappa shape index (κ1) is 15.1. The highest BCUT2D eigenvalue weighted by Crippen LogP contribution is 2.51. The number of rotatable bonds is 2. The van der Waals surface area contributed by atoms with Gasteiger partial charge in [-0.25, -0.2) is 4.39 Å². The average Bonchev–Trinajstić information content (AvgIpc) is 3.04. The van der Waals surface area contributed by atoms with Crippen LogP contribution in [0.1, 0.15) is 29.5 Å². The van der Waals surface area contributed by atoms with Crippen LogP contribution in [-0.2, 0) is 0 Å². The van der Waals surface area contributed by atoms with Gasteiger partial charge >= 0.3 is 0 Å². The number of hydrogen-bond donors (Lipinski definition) is 1. The molecule has 0 amide bonds. The highest BCUT2D eigenvalue weighted by Gasteiger charge is 2.39. The van der Waals surface area contributed by atoms with Crippen molar-refractivity contribution in [2.24, 2.45) is 5.92 Å². The molecule has 0 spiro atoms. The van der Waals surface area contributed by atoms with Crippen LogP contribution in [-0.4, -0.2) is 4.92 Å². The van der Waals surface area contributed by atoms with Crippen LogP contribution in [0.25, 0.3) is 0 Å². The summed E-state index contributed by atoms with van der Waals surface area (Å²) in [5, 5.41) is 15.0. The van der Waals surface area contributed by atoms with E-state index in [4.69, 9.17) is 11.6 Å². The van der Waals surface area contributed by atoms with E-state index in [1.165, 1.54) is 18.2 Å². The Balaban J connectivity index is 1.81. The molecule has 6 heteroatoms. The standard InChI is InChI=1S/C18H14ClFN2O2/c19-16-6-5-11(22(23)24)9-15(16)18-13-3-1-2-12(13)14-8-10(20)4-7-17(14)21-18/h1-2,4-9,12-13,18,21H,3H2/t12-,13-,18-/m1/s1. The molecule has 4 rings (SSSR count). The number of benzene rings is 2. The summed E-state index contributed by atoms with van der Waals surface area (Å²) < 4.78 is 13.6. The van der Waals surface area contributed by atoms with Crippen LogP contribution in [0.3, 0.4) is 0 Å². The van der Waals surface area contributed by atoms with Gasteiger partial charge in [0, 0.05) is 34.3 Å². The smallest absolute Gasteiger partial charge is 0.269 e. The molecule has 0 radical (unpaired) electrons. The molecule has 0 aromatic heterocycles. The topological polar surface area (TPSA) is 55.2 Å². The lowest BCUT2D eigenvalue weighted by molar-refractivity contribution is -0.384. The zero-order chi connectivity index (χ0) is 16.8. The van der Waals surface area contributed by atoms with Crippen molar-refractivity contribution >= 4 is 23.0 Å². The van der Waals surface area contributed by atoms with E-state index in [1.807, 2.05) is 0 Å². The minimum absolute atomic E-state index is 0.0172. The van der Waals surface area contributed by atoms with Gasteiger partial charge in [-0.1, -0.05) is 23.8 Å². The summed E-state index contributed by atoms with van der Waals surface area (Å²) in [6, 6.07) is 9.03. The summed E-state index contributed by atoms with van der Waals surface area (Å²) in [6.45, 7) is 0. The lowest BCUT2D eigenvalue weighted by Gasteiger charge is -2.37. The summed E-state index contributed by atoms with van der Waals surface area (Å²) in [7, 11) is 0. The number of nitro groups is 1. The lowest BCUT2D eigenvalue weighted by atomic mass is 9.77. The number of anilines is 1. The molecule has 2 aromatic carbocycles. The molecule has 24 heavy (non-hydrogen) atoms. The Morgan fingerprint density at radius 2 is 2.04 bits per heavy atom. The fourth-order valence-corrected chi connectivity index (χ4v) is 3.99. The third kappa shape index (κ3) is 2.36. The van der Waals surface area contributed by atoms with Crippen molar-refractivity contribution < 1.29 is 9.31 Å². The van der Waals surface area contributed by atoms with Crippen molar-refractivity contribution in [3.05, 3.63) is 80.6 Å². The molecule has 0 bridgehead atoms. The first-order chi connectivity index (χ1) is 11.5. The number of nitrogens with zero attached hydrogens (tertiary/aromatic N) is 1. The van der Waals surface area contributed by atoms with E-state index in [1.54, 1.807) is 18.2 Å². The van der Waals surface area contributed by atoms with E-state index in [0.29, 0.717) is 10.6 Å². The maximum absolute atomic E-state index is 13.6. The first-order valence-corrected chi connectivity index (χ1v) is 8.09. The average molecular weight is 345 g/mol. The third-order valence-electron chi connectivity index (χ3n) is 4.85. The Bertz CT molecular complexity index is 868. The van der Waals surface area contributed by atoms with Crippen LogP contribution in [0.15, 0.2) is 48.6 Å². The van der Waals surface area contributed by atoms with Gasteiger partial charge in [-0.3, -0.25) is 10.1 Å². The van der Waals surface area contributed by atoms with Crippen molar-refractivity contribution in [2.45, 2.75) is 18.4 Å². The molecule has 0 saturated carbocycles. The van der Waals surface area contributed by atoms with E-state index in [-0.39, 0.29) is 29.4 Å². The molecule has 4 nitrogen and oxygen atoms in total. The molecule has 1 aliphatic heterocycles. The Hall–Kier alpha value is -2.40. The molecule has 0 unspecified atom stereocenters. The second-order valence-corrected chi connectivity index (χ2v) is 6.58. The van der Waals surface area contributed by atoms with Gasteiger partial charge < -0.3 is 5.32 Å². The fourth-order valence-electron chi connectivity index (χ4n) is 3.76. The Kier molecular flexibility index (Phi) is 3.53. The molecule has 1 aliphatic carbocycles. The summed E-state index contributed by atoms with van der Waals surface area (Å²) in [5.74, 6) is -0.0301. The van der Waals surface area contributed by atoms with Crippen LogP contribution in [0.2, 0.25) is 5.02 Å². The lowest BCUT2D eigenvalue weighted by Crippen LogP contribution is -2.29. The fraction of sp³-hybridized carbons (Fsp3) is 0.222. The van der Waals surface area contributed by atoms with Crippen molar-refractivity contribution in [3.63, 3.8) is 0 Å². The Morgan fingerprint density at radius 1 is 1.21 bits per heavy atom. The van der Waals surface area contributed by atoms with Gasteiger partial charge in [-0.05, 0) is 42.2 Å². The highest BCUT2D eigenvalue weighted by molar-refractivity contribution is 6.31. The van der Waals surface area contributed by atoms with E-state index in [9.17, 15) is 14.5 Å². The summed E-state index contributed by atoms with van der Waals surface area (Å²) in [4.78, 5) is 10.7. The van der Waals surface area contributed by atoms with Crippen LogP contribution >= 0.6 is 11.6 Å². The number of nitro benzene ring substituents is 1. The normalized spacial score (nSPS) is 24.2. The van der Waals surface area contributed by atoms with Crippen molar-refractivity contribution in [2.75, 3.05) is 5.32 Å². The quantitative estimate of drug-likeness (QED) is 0.462. The van der Waals surface area contributed by atoms with Crippen molar-refractivity contribution in [3.8, 4) is 0 Å². The summed E-state index contributed by atoms with van der Waals surface area (Å²) >= 11 is 6.33. The van der Waals surface area contributed by atoms with E-state index in [0.717, 1.165) is 17.7 Å². The second-order valence-electron chi connectivity index (χ2n) is 6.17. The SMILES string of the molecule is O=[N+]([O-])c1ccc(Cl)c([C@@H]2Nc3ccc(F)cc3[C@@H]3C=CC[C@H]32)c1. The van der Waals surface area contributed by atoms with Crippen LogP contribution in [0, 0.1) is 21.8 Å². The Labute approximate surface area is 143 Å². The largest absolute Gasteiger partial charge is 0.378 e. The van der Waals surface area contributed by atoms with Gasteiger partial charge in [0.2, 0.25) is 0 Å². The zero-order valence-corrected chi connectivity index (χ0v) is 13.3.